The number of benzene rings is 3. The molecule has 1 atom stereocenters. The van der Waals surface area contributed by atoms with Crippen molar-refractivity contribution in [1.82, 2.24) is 10.2 Å². The summed E-state index contributed by atoms with van der Waals surface area (Å²) in [5, 5.41) is 3.62. The minimum atomic E-state index is -3.55. The van der Waals surface area contributed by atoms with Crippen LogP contribution in [-0.2, 0) is 32.6 Å². The molecule has 7 nitrogen and oxygen atoms in total. The van der Waals surface area contributed by atoms with Gasteiger partial charge in [0, 0.05) is 36.5 Å². The van der Waals surface area contributed by atoms with E-state index in [1.165, 1.54) is 4.31 Å². The van der Waals surface area contributed by atoms with Gasteiger partial charge in [-0.3, -0.25) is 13.9 Å². The number of amides is 2. The fourth-order valence-corrected chi connectivity index (χ4v) is 5.48. The van der Waals surface area contributed by atoms with Gasteiger partial charge in [-0.05, 0) is 62.6 Å². The molecule has 0 aliphatic carbocycles. The molecule has 3 rings (SSSR count). The van der Waals surface area contributed by atoms with E-state index < -0.39 is 21.6 Å². The summed E-state index contributed by atoms with van der Waals surface area (Å²) in [7, 11) is -3.55. The van der Waals surface area contributed by atoms with Gasteiger partial charge in [0.15, 0.2) is 0 Å². The van der Waals surface area contributed by atoms with Crippen molar-refractivity contribution >= 4 is 39.1 Å². The first-order chi connectivity index (χ1) is 18.8. The third kappa shape index (κ3) is 9.68. The SMILES string of the molecule is CC(C)(C)NC(=O)[C@@H](Cc1ccccc1)N(Cc1ccc(Cl)cc1)C(=O)CCCN(c1ccccc1)S(C)(=O)=O. The van der Waals surface area contributed by atoms with E-state index in [9.17, 15) is 18.0 Å². The Hall–Kier alpha value is -3.36. The Morgan fingerprint density at radius 1 is 0.875 bits per heavy atom. The van der Waals surface area contributed by atoms with Crippen LogP contribution in [0.2, 0.25) is 5.02 Å². The van der Waals surface area contributed by atoms with Crippen LogP contribution in [0.3, 0.4) is 0 Å². The molecule has 0 aliphatic heterocycles. The van der Waals surface area contributed by atoms with E-state index in [0.717, 1.165) is 17.4 Å². The Morgan fingerprint density at radius 3 is 2.00 bits per heavy atom. The van der Waals surface area contributed by atoms with Crippen LogP contribution >= 0.6 is 11.6 Å². The van der Waals surface area contributed by atoms with Crippen molar-refractivity contribution in [1.29, 1.82) is 0 Å². The van der Waals surface area contributed by atoms with Crippen LogP contribution in [0.4, 0.5) is 5.69 Å². The zero-order valence-corrected chi connectivity index (χ0v) is 25.1. The second-order valence-electron chi connectivity index (χ2n) is 10.9. The van der Waals surface area contributed by atoms with Crippen molar-refractivity contribution in [3.8, 4) is 0 Å². The summed E-state index contributed by atoms with van der Waals surface area (Å²) >= 11 is 6.09. The number of nitrogens with zero attached hydrogens (tertiary/aromatic N) is 2. The van der Waals surface area contributed by atoms with Crippen LogP contribution in [-0.4, -0.2) is 49.5 Å². The number of carbonyl (C=O) groups excluding carboxylic acids is 2. The van der Waals surface area contributed by atoms with Gasteiger partial charge in [-0.1, -0.05) is 72.3 Å². The minimum absolute atomic E-state index is 0.0700. The molecular weight excluding hydrogens is 546 g/mol. The normalized spacial score (nSPS) is 12.4. The zero-order valence-electron chi connectivity index (χ0n) is 23.5. The number of nitrogens with one attached hydrogen (secondary N) is 1. The number of halogens is 1. The summed E-state index contributed by atoms with van der Waals surface area (Å²) < 4.78 is 26.3. The first-order valence-electron chi connectivity index (χ1n) is 13.3. The highest BCUT2D eigenvalue weighted by molar-refractivity contribution is 7.92. The van der Waals surface area contributed by atoms with Crippen molar-refractivity contribution in [3.63, 3.8) is 0 Å². The predicted octanol–water partition coefficient (Wildman–Crippen LogP) is 5.44. The summed E-state index contributed by atoms with van der Waals surface area (Å²) in [6.07, 6.45) is 1.85. The van der Waals surface area contributed by atoms with Crippen molar-refractivity contribution in [3.05, 3.63) is 101 Å². The van der Waals surface area contributed by atoms with Gasteiger partial charge in [-0.25, -0.2) is 8.42 Å². The molecule has 0 radical (unpaired) electrons. The molecule has 214 valence electrons. The monoisotopic (exact) mass is 583 g/mol. The zero-order chi connectivity index (χ0) is 29.3. The fourth-order valence-electron chi connectivity index (χ4n) is 4.39. The number of hydrogen-bond donors (Lipinski definition) is 1. The maximum Gasteiger partial charge on any atom is 0.243 e. The first-order valence-corrected chi connectivity index (χ1v) is 15.5. The lowest BCUT2D eigenvalue weighted by atomic mass is 10.00. The average molecular weight is 584 g/mol. The highest BCUT2D eigenvalue weighted by atomic mass is 35.5. The third-order valence-electron chi connectivity index (χ3n) is 6.23. The Bertz CT molecular complexity index is 1360. The van der Waals surface area contributed by atoms with E-state index in [4.69, 9.17) is 11.6 Å². The molecule has 0 fully saturated rings. The van der Waals surface area contributed by atoms with Gasteiger partial charge in [0.1, 0.15) is 6.04 Å². The number of rotatable bonds is 12. The molecule has 0 bridgehead atoms. The van der Waals surface area contributed by atoms with Crippen molar-refractivity contribution in [2.75, 3.05) is 17.1 Å². The molecule has 2 amide bonds. The highest BCUT2D eigenvalue weighted by Crippen LogP contribution is 2.21. The molecule has 40 heavy (non-hydrogen) atoms. The Balaban J connectivity index is 1.89. The lowest BCUT2D eigenvalue weighted by Crippen LogP contribution is -2.54. The summed E-state index contributed by atoms with van der Waals surface area (Å²) in [6.45, 7) is 6.05. The number of anilines is 1. The number of hydrogen-bond acceptors (Lipinski definition) is 4. The molecule has 0 aliphatic rings. The maximum absolute atomic E-state index is 13.8. The second-order valence-corrected chi connectivity index (χ2v) is 13.2. The Labute approximate surface area is 243 Å². The predicted molar refractivity (Wildman–Crippen MR) is 162 cm³/mol. The van der Waals surface area contributed by atoms with E-state index in [1.807, 2.05) is 69.3 Å². The number of sulfonamides is 1. The van der Waals surface area contributed by atoms with Gasteiger partial charge >= 0.3 is 0 Å². The van der Waals surface area contributed by atoms with Gasteiger partial charge in [0.2, 0.25) is 21.8 Å². The van der Waals surface area contributed by atoms with E-state index >= 15 is 0 Å². The molecular formula is C31H38ClN3O4S. The largest absolute Gasteiger partial charge is 0.350 e. The first kappa shape index (κ1) is 31.2. The molecule has 3 aromatic rings. The quantitative estimate of drug-likeness (QED) is 0.307. The minimum Gasteiger partial charge on any atom is -0.350 e. The molecule has 9 heteroatoms. The fraction of sp³-hybridized carbons (Fsp3) is 0.355. The lowest BCUT2D eigenvalue weighted by molar-refractivity contribution is -0.142. The van der Waals surface area contributed by atoms with Gasteiger partial charge in [-0.2, -0.15) is 0 Å². The lowest BCUT2D eigenvalue weighted by Gasteiger charge is -2.34. The molecule has 0 unspecified atom stereocenters. The van der Waals surface area contributed by atoms with Crippen molar-refractivity contribution in [2.24, 2.45) is 0 Å². The van der Waals surface area contributed by atoms with Gasteiger partial charge in [-0.15, -0.1) is 0 Å². The Kier molecular flexibility index (Phi) is 10.8. The summed E-state index contributed by atoms with van der Waals surface area (Å²) in [6, 6.07) is 24.8. The standard InChI is InChI=1S/C31H38ClN3O4S/c1-31(2,3)33-30(37)28(22-24-12-7-5-8-13-24)34(23-25-17-19-26(32)20-18-25)29(36)16-11-21-35(40(4,38)39)27-14-9-6-10-15-27/h5-10,12-15,17-20,28H,11,16,21-23H2,1-4H3,(H,33,37)/t28-/m1/s1. The second kappa shape index (κ2) is 13.8. The van der Waals surface area contributed by atoms with Gasteiger partial charge in [0.05, 0.1) is 11.9 Å². The summed E-state index contributed by atoms with van der Waals surface area (Å²) in [5.74, 6) is -0.484. The van der Waals surface area contributed by atoms with Crippen LogP contribution in [0.5, 0.6) is 0 Å². The topological polar surface area (TPSA) is 86.8 Å². The van der Waals surface area contributed by atoms with Gasteiger partial charge < -0.3 is 10.2 Å². The molecule has 0 aromatic heterocycles. The van der Waals surface area contributed by atoms with Crippen molar-refractivity contribution in [2.45, 2.75) is 58.2 Å². The molecule has 3 aromatic carbocycles. The van der Waals surface area contributed by atoms with Crippen LogP contribution in [0.1, 0.15) is 44.7 Å². The van der Waals surface area contributed by atoms with Crippen LogP contribution in [0.25, 0.3) is 0 Å². The summed E-state index contributed by atoms with van der Waals surface area (Å²) in [5.41, 5.74) is 1.81. The molecule has 1 N–H and O–H groups in total. The van der Waals surface area contributed by atoms with Crippen molar-refractivity contribution < 1.29 is 18.0 Å². The molecule has 0 spiro atoms. The van der Waals surface area contributed by atoms with E-state index in [0.29, 0.717) is 17.1 Å². The van der Waals surface area contributed by atoms with E-state index in [2.05, 4.69) is 5.32 Å². The summed E-state index contributed by atoms with van der Waals surface area (Å²) in [4.78, 5) is 29.1. The number of para-hydroxylation sites is 1. The third-order valence-corrected chi connectivity index (χ3v) is 7.68. The average Bonchev–Trinajstić information content (AvgIpc) is 2.89. The molecule has 0 heterocycles. The highest BCUT2D eigenvalue weighted by Gasteiger charge is 2.32. The van der Waals surface area contributed by atoms with Crippen LogP contribution in [0.15, 0.2) is 84.9 Å². The van der Waals surface area contributed by atoms with Crippen LogP contribution < -0.4 is 9.62 Å². The number of carbonyl (C=O) groups is 2. The van der Waals surface area contributed by atoms with Gasteiger partial charge in [0.25, 0.3) is 0 Å². The van der Waals surface area contributed by atoms with E-state index in [-0.39, 0.29) is 37.7 Å². The smallest absolute Gasteiger partial charge is 0.243 e. The Morgan fingerprint density at radius 2 is 1.45 bits per heavy atom. The van der Waals surface area contributed by atoms with E-state index in [1.54, 1.807) is 41.3 Å². The molecule has 0 saturated heterocycles. The van der Waals surface area contributed by atoms with Crippen LogP contribution in [0, 0.1) is 0 Å². The molecule has 0 saturated carbocycles. The maximum atomic E-state index is 13.8.